The molecule has 96 valence electrons. The molecule has 0 unspecified atom stereocenters. The first-order valence-corrected chi connectivity index (χ1v) is 7.38. The number of thioether (sulfide) groups is 1. The van der Waals surface area contributed by atoms with Crippen molar-refractivity contribution in [3.05, 3.63) is 35.4 Å². The first-order valence-electron chi connectivity index (χ1n) is 5.98. The third-order valence-corrected chi connectivity index (χ3v) is 3.62. The summed E-state index contributed by atoms with van der Waals surface area (Å²) in [5.74, 6) is 2.19. The van der Waals surface area contributed by atoms with Crippen molar-refractivity contribution < 1.29 is 9.84 Å². The highest BCUT2D eigenvalue weighted by Gasteiger charge is 2.11. The second-order valence-corrected chi connectivity index (χ2v) is 5.36. The zero-order valence-electron chi connectivity index (χ0n) is 11.0. The van der Waals surface area contributed by atoms with Crippen LogP contribution in [0.25, 0.3) is 10.8 Å². The molecule has 2 rings (SSSR count). The summed E-state index contributed by atoms with van der Waals surface area (Å²) in [5, 5.41) is 12.0. The van der Waals surface area contributed by atoms with E-state index < -0.39 is 0 Å². The molecule has 2 aromatic rings. The molecule has 0 radical (unpaired) electrons. The molecule has 2 aromatic carbocycles. The molecule has 0 aliphatic carbocycles. The third-order valence-electron chi connectivity index (χ3n) is 3.04. The molecule has 0 heterocycles. The fraction of sp³-hybridized carbons (Fsp3) is 0.333. The molecule has 0 aromatic heterocycles. The van der Waals surface area contributed by atoms with Crippen LogP contribution >= 0.6 is 11.8 Å². The summed E-state index contributed by atoms with van der Waals surface area (Å²) >= 11 is 1.76. The molecular formula is C15H18O2S. The van der Waals surface area contributed by atoms with Gasteiger partial charge in [0.15, 0.2) is 0 Å². The zero-order valence-corrected chi connectivity index (χ0v) is 11.8. The Morgan fingerprint density at radius 2 is 2.00 bits per heavy atom. The van der Waals surface area contributed by atoms with Gasteiger partial charge in [-0.05, 0) is 37.3 Å². The molecule has 0 saturated carbocycles. The van der Waals surface area contributed by atoms with E-state index in [2.05, 4.69) is 6.26 Å². The van der Waals surface area contributed by atoms with Crippen LogP contribution in [0.1, 0.15) is 11.1 Å². The number of ether oxygens (including phenoxy) is 1. The monoisotopic (exact) mass is 262 g/mol. The molecule has 0 bridgehead atoms. The van der Waals surface area contributed by atoms with Crippen molar-refractivity contribution in [2.24, 2.45) is 0 Å². The Hall–Kier alpha value is -1.35. The molecule has 0 fully saturated rings. The van der Waals surface area contributed by atoms with Gasteiger partial charge < -0.3 is 9.84 Å². The van der Waals surface area contributed by atoms with Crippen molar-refractivity contribution in [2.75, 3.05) is 18.6 Å². The van der Waals surface area contributed by atoms with Gasteiger partial charge in [0, 0.05) is 16.5 Å². The molecular weight excluding hydrogens is 244 g/mol. The van der Waals surface area contributed by atoms with Crippen LogP contribution in [0.3, 0.4) is 0 Å². The fourth-order valence-electron chi connectivity index (χ4n) is 2.09. The highest BCUT2D eigenvalue weighted by atomic mass is 32.2. The zero-order chi connectivity index (χ0) is 13.1. The van der Waals surface area contributed by atoms with E-state index in [1.807, 2.05) is 38.1 Å². The summed E-state index contributed by atoms with van der Waals surface area (Å²) in [6, 6.07) is 7.86. The van der Waals surface area contributed by atoms with E-state index in [4.69, 9.17) is 4.74 Å². The van der Waals surface area contributed by atoms with Crippen LogP contribution in [0.2, 0.25) is 0 Å². The van der Waals surface area contributed by atoms with Crippen LogP contribution in [-0.4, -0.2) is 23.7 Å². The molecule has 0 atom stereocenters. The Labute approximate surface area is 112 Å². The van der Waals surface area contributed by atoms with Crippen molar-refractivity contribution in [1.82, 2.24) is 0 Å². The molecule has 0 aliphatic rings. The summed E-state index contributed by atoms with van der Waals surface area (Å²) in [6.07, 6.45) is 2.06. The van der Waals surface area contributed by atoms with E-state index in [0.29, 0.717) is 12.4 Å². The van der Waals surface area contributed by atoms with Gasteiger partial charge in [0.05, 0.1) is 6.61 Å². The van der Waals surface area contributed by atoms with E-state index >= 15 is 0 Å². The summed E-state index contributed by atoms with van der Waals surface area (Å²) in [7, 11) is 0. The second-order valence-electron chi connectivity index (χ2n) is 4.38. The van der Waals surface area contributed by atoms with Crippen LogP contribution in [0.4, 0.5) is 0 Å². The lowest BCUT2D eigenvalue weighted by Gasteiger charge is -2.14. The molecule has 18 heavy (non-hydrogen) atoms. The smallest absolute Gasteiger partial charge is 0.127 e. The summed E-state index contributed by atoms with van der Waals surface area (Å²) in [4.78, 5) is 0. The quantitative estimate of drug-likeness (QED) is 0.847. The van der Waals surface area contributed by atoms with Crippen molar-refractivity contribution in [3.8, 4) is 11.5 Å². The summed E-state index contributed by atoms with van der Waals surface area (Å²) in [6.45, 7) is 4.63. The summed E-state index contributed by atoms with van der Waals surface area (Å²) < 4.78 is 5.84. The second kappa shape index (κ2) is 5.53. The Balaban J connectivity index is 2.54. The van der Waals surface area contributed by atoms with E-state index in [1.54, 1.807) is 11.8 Å². The van der Waals surface area contributed by atoms with Gasteiger partial charge in [0.25, 0.3) is 0 Å². The molecule has 0 aliphatic heterocycles. The van der Waals surface area contributed by atoms with Gasteiger partial charge >= 0.3 is 0 Å². The minimum atomic E-state index is 0.353. The molecule has 3 heteroatoms. The number of aryl methyl sites for hydroxylation is 2. The maximum absolute atomic E-state index is 10.1. The Kier molecular flexibility index (Phi) is 4.02. The van der Waals surface area contributed by atoms with E-state index in [1.165, 1.54) is 0 Å². The maximum Gasteiger partial charge on any atom is 0.127 e. The standard InChI is InChI=1S/C15H18O2S/c1-10-5-4-6-12-14(10)13(17-7-8-18-3)9-11(2)15(12)16/h4-6,9,16H,7-8H2,1-3H3. The first-order chi connectivity index (χ1) is 8.65. The van der Waals surface area contributed by atoms with Crippen LogP contribution in [-0.2, 0) is 0 Å². The predicted molar refractivity (Wildman–Crippen MR) is 79.0 cm³/mol. The molecule has 1 N–H and O–H groups in total. The Morgan fingerprint density at radius 3 is 2.72 bits per heavy atom. The highest BCUT2D eigenvalue weighted by molar-refractivity contribution is 7.98. The lowest BCUT2D eigenvalue weighted by molar-refractivity contribution is 0.347. The average Bonchev–Trinajstić information content (AvgIpc) is 2.35. The highest BCUT2D eigenvalue weighted by Crippen LogP contribution is 2.37. The number of rotatable bonds is 4. The van der Waals surface area contributed by atoms with Crippen LogP contribution in [0, 0.1) is 13.8 Å². The number of phenolic OH excluding ortho intramolecular Hbond substituents is 1. The van der Waals surface area contributed by atoms with Gasteiger partial charge in [0.2, 0.25) is 0 Å². The van der Waals surface area contributed by atoms with Crippen LogP contribution in [0.5, 0.6) is 11.5 Å². The fourth-order valence-corrected chi connectivity index (χ4v) is 2.34. The van der Waals surface area contributed by atoms with Gasteiger partial charge in [-0.3, -0.25) is 0 Å². The largest absolute Gasteiger partial charge is 0.507 e. The van der Waals surface area contributed by atoms with Crippen molar-refractivity contribution in [3.63, 3.8) is 0 Å². The molecule has 0 spiro atoms. The predicted octanol–water partition coefficient (Wildman–Crippen LogP) is 3.90. The van der Waals surface area contributed by atoms with Gasteiger partial charge in [0.1, 0.15) is 11.5 Å². The average molecular weight is 262 g/mol. The van der Waals surface area contributed by atoms with Gasteiger partial charge in [-0.15, -0.1) is 0 Å². The first kappa shape index (κ1) is 13.1. The van der Waals surface area contributed by atoms with Crippen molar-refractivity contribution in [1.29, 1.82) is 0 Å². The number of benzene rings is 2. The number of phenols is 1. The Bertz CT molecular complexity index is 564. The lowest BCUT2D eigenvalue weighted by atomic mass is 10.0. The minimum absolute atomic E-state index is 0.353. The van der Waals surface area contributed by atoms with Crippen molar-refractivity contribution in [2.45, 2.75) is 13.8 Å². The van der Waals surface area contributed by atoms with Crippen LogP contribution < -0.4 is 4.74 Å². The minimum Gasteiger partial charge on any atom is -0.507 e. The van der Waals surface area contributed by atoms with Crippen molar-refractivity contribution >= 4 is 22.5 Å². The third kappa shape index (κ3) is 2.41. The molecule has 0 amide bonds. The lowest BCUT2D eigenvalue weighted by Crippen LogP contribution is -2.01. The topological polar surface area (TPSA) is 29.5 Å². The van der Waals surface area contributed by atoms with Gasteiger partial charge in [-0.25, -0.2) is 0 Å². The Morgan fingerprint density at radius 1 is 1.22 bits per heavy atom. The SMILES string of the molecule is CSCCOc1cc(C)c(O)c2cccc(C)c12. The maximum atomic E-state index is 10.1. The number of aromatic hydroxyl groups is 1. The van der Waals surface area contributed by atoms with Gasteiger partial charge in [-0.2, -0.15) is 11.8 Å². The van der Waals surface area contributed by atoms with Gasteiger partial charge in [-0.1, -0.05) is 18.2 Å². The normalized spacial score (nSPS) is 10.8. The van der Waals surface area contributed by atoms with Crippen LogP contribution in [0.15, 0.2) is 24.3 Å². The molecule has 0 saturated heterocycles. The number of hydrogen-bond donors (Lipinski definition) is 1. The van der Waals surface area contributed by atoms with E-state index in [9.17, 15) is 5.11 Å². The number of fused-ring (bicyclic) bond motifs is 1. The number of hydrogen-bond acceptors (Lipinski definition) is 3. The van der Waals surface area contributed by atoms with E-state index in [0.717, 1.165) is 33.4 Å². The summed E-state index contributed by atoms with van der Waals surface area (Å²) in [5.41, 5.74) is 1.98. The molecule has 2 nitrogen and oxygen atoms in total. The van der Waals surface area contributed by atoms with E-state index in [-0.39, 0.29) is 0 Å².